The van der Waals surface area contributed by atoms with Crippen LogP contribution in [0, 0.1) is 18.3 Å². The van der Waals surface area contributed by atoms with Crippen LogP contribution >= 0.6 is 0 Å². The van der Waals surface area contributed by atoms with Crippen molar-refractivity contribution in [1.29, 1.82) is 5.26 Å². The van der Waals surface area contributed by atoms with E-state index in [1.165, 1.54) is 0 Å². The Kier molecular flexibility index (Phi) is 6.83. The van der Waals surface area contributed by atoms with Crippen LogP contribution in [0.5, 0.6) is 5.75 Å². The summed E-state index contributed by atoms with van der Waals surface area (Å²) in [5, 5.41) is 16.7. The molecule has 0 radical (unpaired) electrons. The van der Waals surface area contributed by atoms with Gasteiger partial charge in [-0.25, -0.2) is 14.6 Å². The number of aryl methyl sites for hydroxylation is 1. The number of carbonyl (C=O) groups excluding carboxylic acids is 1. The maximum atomic E-state index is 13.5. The predicted octanol–water partition coefficient (Wildman–Crippen LogP) is 5.32. The van der Waals surface area contributed by atoms with Gasteiger partial charge in [0.1, 0.15) is 0 Å². The fourth-order valence-corrected chi connectivity index (χ4v) is 3.57. The van der Waals surface area contributed by atoms with Gasteiger partial charge in [-0.15, -0.1) is 0 Å². The number of amides is 1. The number of unbranched alkanes of at least 4 members (excludes halogenated alkanes) is 1. The number of anilines is 1. The van der Waals surface area contributed by atoms with Crippen molar-refractivity contribution in [1.82, 2.24) is 19.7 Å². The summed E-state index contributed by atoms with van der Waals surface area (Å²) in [7, 11) is 0. The average Bonchev–Trinajstić information content (AvgIpc) is 3.27. The summed E-state index contributed by atoms with van der Waals surface area (Å²) in [6, 6.07) is 15.5. The number of rotatable bonds is 8. The third kappa shape index (κ3) is 4.89. The number of pyridine rings is 2. The molecule has 1 aromatic carbocycles. The van der Waals surface area contributed by atoms with Crippen molar-refractivity contribution in [3.63, 3.8) is 0 Å². The first-order valence-electron chi connectivity index (χ1n) is 11.2. The first-order chi connectivity index (χ1) is 16.5. The number of hydrogen-bond donors (Lipinski definition) is 1. The number of nitrogens with zero attached hydrogens (tertiary/aromatic N) is 5. The highest BCUT2D eigenvalue weighted by molar-refractivity contribution is 6.12. The van der Waals surface area contributed by atoms with Crippen molar-refractivity contribution < 1.29 is 9.53 Å². The number of nitrogens with one attached hydrogen (secondary N) is 1. The minimum absolute atomic E-state index is 0.0818. The lowest BCUT2D eigenvalue weighted by Crippen LogP contribution is -2.15. The van der Waals surface area contributed by atoms with Crippen molar-refractivity contribution in [2.45, 2.75) is 39.7 Å². The van der Waals surface area contributed by atoms with Crippen molar-refractivity contribution in [3.8, 4) is 23.1 Å². The number of hydrogen-bond acceptors (Lipinski definition) is 6. The molecule has 8 heteroatoms. The van der Waals surface area contributed by atoms with Crippen LogP contribution in [-0.4, -0.2) is 32.3 Å². The van der Waals surface area contributed by atoms with Crippen LogP contribution in [0.1, 0.15) is 48.7 Å². The molecule has 4 aromatic rings. The average molecular weight is 455 g/mol. The lowest BCUT2D eigenvalue weighted by Gasteiger charge is -2.13. The van der Waals surface area contributed by atoms with Crippen LogP contribution in [0.3, 0.4) is 0 Å². The molecule has 1 amide bonds. The number of ether oxygens (including phenoxy) is 1. The van der Waals surface area contributed by atoms with Gasteiger partial charge in [0.25, 0.3) is 5.91 Å². The van der Waals surface area contributed by atoms with E-state index in [1.54, 1.807) is 30.6 Å². The SMILES string of the molecule is Cc1ccc(-c2cc(C(=O)Nc3ncccc3OCCCC#N)c3cnn(C(C)C)c3n2)cc1. The fraction of sp³-hybridized carbons (Fsp3) is 0.269. The Morgan fingerprint density at radius 1 is 1.24 bits per heavy atom. The molecule has 34 heavy (non-hydrogen) atoms. The van der Waals surface area contributed by atoms with E-state index in [9.17, 15) is 4.79 Å². The van der Waals surface area contributed by atoms with E-state index in [-0.39, 0.29) is 11.9 Å². The van der Waals surface area contributed by atoms with E-state index >= 15 is 0 Å². The number of carbonyl (C=O) groups is 1. The second kappa shape index (κ2) is 10.1. The summed E-state index contributed by atoms with van der Waals surface area (Å²) < 4.78 is 7.56. The summed E-state index contributed by atoms with van der Waals surface area (Å²) >= 11 is 0. The molecule has 3 heterocycles. The number of fused-ring (bicyclic) bond motifs is 1. The summed E-state index contributed by atoms with van der Waals surface area (Å²) in [6.45, 7) is 6.44. The molecule has 0 bridgehead atoms. The van der Waals surface area contributed by atoms with Gasteiger partial charge in [-0.05, 0) is 45.4 Å². The van der Waals surface area contributed by atoms with Gasteiger partial charge in [0.05, 0.1) is 35.5 Å². The summed E-state index contributed by atoms with van der Waals surface area (Å²) in [5.74, 6) is 0.447. The van der Waals surface area contributed by atoms with Crippen molar-refractivity contribution >= 4 is 22.8 Å². The topological polar surface area (TPSA) is 106 Å². The number of nitriles is 1. The first-order valence-corrected chi connectivity index (χ1v) is 11.2. The third-order valence-electron chi connectivity index (χ3n) is 5.34. The van der Waals surface area contributed by atoms with E-state index in [0.717, 1.165) is 11.1 Å². The Labute approximate surface area is 198 Å². The smallest absolute Gasteiger partial charge is 0.257 e. The lowest BCUT2D eigenvalue weighted by atomic mass is 10.1. The standard InChI is InChI=1S/C26H26N6O2/c1-17(2)32-25-21(16-29-32)20(15-22(30-25)19-10-8-18(3)9-11-19)26(33)31-24-23(7-6-13-28-24)34-14-5-4-12-27/h6-11,13,15-17H,4-5,14H2,1-3H3,(H,28,31,33). The zero-order valence-electron chi connectivity index (χ0n) is 19.4. The Morgan fingerprint density at radius 3 is 2.76 bits per heavy atom. The largest absolute Gasteiger partial charge is 0.490 e. The number of benzene rings is 1. The Morgan fingerprint density at radius 2 is 2.03 bits per heavy atom. The van der Waals surface area contributed by atoms with Crippen molar-refractivity contribution in [3.05, 3.63) is 66.0 Å². The fourth-order valence-electron chi connectivity index (χ4n) is 3.57. The molecule has 1 N–H and O–H groups in total. The first kappa shape index (κ1) is 22.9. The van der Waals surface area contributed by atoms with E-state index < -0.39 is 0 Å². The molecule has 0 spiro atoms. The molecule has 0 aliphatic carbocycles. The van der Waals surface area contributed by atoms with Gasteiger partial charge in [0, 0.05) is 24.2 Å². The van der Waals surface area contributed by atoms with E-state index in [0.29, 0.717) is 53.3 Å². The minimum Gasteiger partial charge on any atom is -0.490 e. The van der Waals surface area contributed by atoms with Crippen LogP contribution in [0.4, 0.5) is 5.82 Å². The van der Waals surface area contributed by atoms with E-state index in [1.807, 2.05) is 49.7 Å². The maximum absolute atomic E-state index is 13.5. The maximum Gasteiger partial charge on any atom is 0.257 e. The van der Waals surface area contributed by atoms with Gasteiger partial charge < -0.3 is 10.1 Å². The van der Waals surface area contributed by atoms with Gasteiger partial charge in [0.2, 0.25) is 0 Å². The normalized spacial score (nSPS) is 10.9. The van der Waals surface area contributed by atoms with Crippen LogP contribution in [0.2, 0.25) is 0 Å². The minimum atomic E-state index is -0.329. The summed E-state index contributed by atoms with van der Waals surface area (Å²) in [5.41, 5.74) is 3.85. The van der Waals surface area contributed by atoms with Crippen LogP contribution in [0.25, 0.3) is 22.3 Å². The molecule has 0 saturated carbocycles. The molecule has 3 aromatic heterocycles. The molecule has 4 rings (SSSR count). The number of aromatic nitrogens is 4. The molecular weight excluding hydrogens is 428 g/mol. The molecule has 0 fully saturated rings. The predicted molar refractivity (Wildman–Crippen MR) is 131 cm³/mol. The zero-order chi connectivity index (χ0) is 24.1. The Hall–Kier alpha value is -4.25. The highest BCUT2D eigenvalue weighted by Crippen LogP contribution is 2.28. The van der Waals surface area contributed by atoms with Gasteiger partial charge in [-0.2, -0.15) is 10.4 Å². The Balaban J connectivity index is 1.72. The second-order valence-electron chi connectivity index (χ2n) is 8.26. The van der Waals surface area contributed by atoms with Crippen molar-refractivity contribution in [2.24, 2.45) is 0 Å². The van der Waals surface area contributed by atoms with Crippen LogP contribution < -0.4 is 10.1 Å². The molecule has 0 aliphatic rings. The monoisotopic (exact) mass is 454 g/mol. The van der Waals surface area contributed by atoms with Crippen molar-refractivity contribution in [2.75, 3.05) is 11.9 Å². The van der Waals surface area contributed by atoms with Gasteiger partial charge in [-0.1, -0.05) is 29.8 Å². The van der Waals surface area contributed by atoms with Gasteiger partial charge >= 0.3 is 0 Å². The molecule has 8 nitrogen and oxygen atoms in total. The zero-order valence-corrected chi connectivity index (χ0v) is 19.4. The molecule has 0 unspecified atom stereocenters. The molecule has 0 saturated heterocycles. The lowest BCUT2D eigenvalue weighted by molar-refractivity contribution is 0.102. The second-order valence-corrected chi connectivity index (χ2v) is 8.26. The van der Waals surface area contributed by atoms with Crippen LogP contribution in [-0.2, 0) is 0 Å². The van der Waals surface area contributed by atoms with E-state index in [2.05, 4.69) is 21.5 Å². The highest BCUT2D eigenvalue weighted by Gasteiger charge is 2.20. The van der Waals surface area contributed by atoms with Gasteiger partial charge in [0.15, 0.2) is 17.2 Å². The Bertz CT molecular complexity index is 1350. The quantitative estimate of drug-likeness (QED) is 0.361. The molecular formula is C26H26N6O2. The van der Waals surface area contributed by atoms with E-state index in [4.69, 9.17) is 15.0 Å². The molecule has 172 valence electrons. The molecule has 0 aliphatic heterocycles. The van der Waals surface area contributed by atoms with Crippen LogP contribution in [0.15, 0.2) is 54.9 Å². The van der Waals surface area contributed by atoms with Gasteiger partial charge in [-0.3, -0.25) is 4.79 Å². The summed E-state index contributed by atoms with van der Waals surface area (Å²) in [6.07, 6.45) is 4.26. The molecule has 0 atom stereocenters. The summed E-state index contributed by atoms with van der Waals surface area (Å²) in [4.78, 5) is 22.6. The third-order valence-corrected chi connectivity index (χ3v) is 5.34. The highest BCUT2D eigenvalue weighted by atomic mass is 16.5.